The topological polar surface area (TPSA) is 69.6 Å². The molecule has 0 aliphatic heterocycles. The molecule has 0 spiro atoms. The Kier molecular flexibility index (Phi) is 51.8. The molecule has 1 amide bonds. The summed E-state index contributed by atoms with van der Waals surface area (Å²) in [5.41, 5.74) is 0. The molecule has 0 aromatic carbocycles. The van der Waals surface area contributed by atoms with Crippen molar-refractivity contribution in [3.05, 3.63) is 85.1 Å². The van der Waals surface area contributed by atoms with Gasteiger partial charge in [-0.1, -0.05) is 272 Å². The molecule has 0 saturated carbocycles. The zero-order valence-corrected chi connectivity index (χ0v) is 41.8. The number of hydrogen-bond acceptors (Lipinski definition) is 3. The molecular formula is C59H105NO3. The molecule has 0 aromatic heterocycles. The molecule has 3 N–H and O–H groups in total. The number of allylic oxidation sites excluding steroid dienone is 14. The number of amides is 1. The Morgan fingerprint density at radius 1 is 0.397 bits per heavy atom. The Hall–Kier alpha value is -2.43. The first-order valence-corrected chi connectivity index (χ1v) is 27.3. The Bertz CT molecular complexity index is 1130. The maximum absolute atomic E-state index is 12.5. The molecule has 0 saturated heterocycles. The molecule has 4 heteroatoms. The number of carbonyl (C=O) groups is 1. The van der Waals surface area contributed by atoms with E-state index in [0.29, 0.717) is 12.8 Å². The highest BCUT2D eigenvalue weighted by Gasteiger charge is 2.20. The van der Waals surface area contributed by atoms with Gasteiger partial charge in [0.25, 0.3) is 0 Å². The first kappa shape index (κ1) is 60.6. The lowest BCUT2D eigenvalue weighted by molar-refractivity contribution is -0.123. The third kappa shape index (κ3) is 50.4. The Labute approximate surface area is 392 Å². The number of nitrogens with one attached hydrogen (secondary N) is 1. The van der Waals surface area contributed by atoms with Crippen LogP contribution in [0.2, 0.25) is 0 Å². The standard InChI is InChI=1S/C59H105NO3/c1-3-5-7-9-11-13-15-17-19-21-23-25-27-29-31-32-34-36-38-40-42-44-46-48-50-52-54-58(62)57(56-61)60-59(63)55-53-51-49-47-45-43-41-39-37-35-33-30-28-26-24-22-20-18-16-14-12-10-8-6-4-2/h6,8,12,14,18,20,24,26,30,33,37,39,43,45,57-58,61-62H,3-5,7,9-11,13,15-17,19,21-23,25,27-29,31-32,34-36,38,40-42,44,46-56H2,1-2H3,(H,60,63)/b8-6-,14-12-,20-18-,26-24-,33-30-,39-37-,45-43-. The summed E-state index contributed by atoms with van der Waals surface area (Å²) in [7, 11) is 0. The molecule has 2 atom stereocenters. The van der Waals surface area contributed by atoms with Gasteiger partial charge in [0.2, 0.25) is 5.91 Å². The minimum atomic E-state index is -0.681. The van der Waals surface area contributed by atoms with Crippen LogP contribution in [0.15, 0.2) is 85.1 Å². The van der Waals surface area contributed by atoms with E-state index in [1.54, 1.807) is 0 Å². The molecule has 0 radical (unpaired) electrons. The van der Waals surface area contributed by atoms with Crippen molar-refractivity contribution in [2.24, 2.45) is 0 Å². The molecule has 0 aliphatic rings. The highest BCUT2D eigenvalue weighted by Crippen LogP contribution is 2.17. The van der Waals surface area contributed by atoms with Crippen LogP contribution in [-0.2, 0) is 4.79 Å². The lowest BCUT2D eigenvalue weighted by Gasteiger charge is -2.22. The fraction of sp³-hybridized carbons (Fsp3) is 0.746. The number of aliphatic hydroxyl groups excluding tert-OH is 2. The lowest BCUT2D eigenvalue weighted by atomic mass is 10.0. The highest BCUT2D eigenvalue weighted by molar-refractivity contribution is 5.76. The van der Waals surface area contributed by atoms with E-state index in [1.165, 1.54) is 154 Å². The number of rotatable bonds is 49. The average molecular weight is 876 g/mol. The average Bonchev–Trinajstić information content (AvgIpc) is 3.29. The summed E-state index contributed by atoms with van der Waals surface area (Å²) in [6.07, 6.45) is 78.4. The molecule has 63 heavy (non-hydrogen) atoms. The lowest BCUT2D eigenvalue weighted by Crippen LogP contribution is -2.45. The predicted molar refractivity (Wildman–Crippen MR) is 280 cm³/mol. The van der Waals surface area contributed by atoms with Gasteiger partial charge in [0.1, 0.15) is 0 Å². The van der Waals surface area contributed by atoms with E-state index < -0.39 is 12.1 Å². The molecule has 2 unspecified atom stereocenters. The van der Waals surface area contributed by atoms with Gasteiger partial charge in [-0.05, 0) is 70.6 Å². The second-order valence-corrected chi connectivity index (χ2v) is 18.3. The van der Waals surface area contributed by atoms with Crippen molar-refractivity contribution in [1.82, 2.24) is 5.32 Å². The van der Waals surface area contributed by atoms with Crippen LogP contribution in [0.25, 0.3) is 0 Å². The van der Waals surface area contributed by atoms with Gasteiger partial charge in [-0.3, -0.25) is 4.79 Å². The van der Waals surface area contributed by atoms with Gasteiger partial charge < -0.3 is 15.5 Å². The third-order valence-electron chi connectivity index (χ3n) is 12.2. The number of carbonyl (C=O) groups excluding carboxylic acids is 1. The number of unbranched alkanes of at least 4 members (excludes halogenated alkanes) is 28. The Balaban J connectivity index is 3.57. The summed E-state index contributed by atoms with van der Waals surface area (Å²) in [4.78, 5) is 12.5. The van der Waals surface area contributed by atoms with Gasteiger partial charge in [-0.15, -0.1) is 0 Å². The van der Waals surface area contributed by atoms with E-state index in [4.69, 9.17) is 0 Å². The second-order valence-electron chi connectivity index (χ2n) is 18.3. The third-order valence-corrected chi connectivity index (χ3v) is 12.2. The van der Waals surface area contributed by atoms with Crippen molar-refractivity contribution in [1.29, 1.82) is 0 Å². The molecule has 0 fully saturated rings. The first-order chi connectivity index (χ1) is 31.2. The normalized spacial score (nSPS) is 13.5. The maximum Gasteiger partial charge on any atom is 0.220 e. The van der Waals surface area contributed by atoms with Crippen molar-refractivity contribution >= 4 is 5.91 Å². The smallest absolute Gasteiger partial charge is 0.220 e. The van der Waals surface area contributed by atoms with Crippen LogP contribution in [-0.4, -0.2) is 34.9 Å². The zero-order chi connectivity index (χ0) is 45.6. The van der Waals surface area contributed by atoms with E-state index in [9.17, 15) is 15.0 Å². The monoisotopic (exact) mass is 876 g/mol. The van der Waals surface area contributed by atoms with Gasteiger partial charge >= 0.3 is 0 Å². The molecular weight excluding hydrogens is 771 g/mol. The fourth-order valence-corrected chi connectivity index (χ4v) is 8.05. The molecule has 0 aliphatic carbocycles. The first-order valence-electron chi connectivity index (χ1n) is 27.3. The van der Waals surface area contributed by atoms with Gasteiger partial charge in [0.15, 0.2) is 0 Å². The zero-order valence-electron chi connectivity index (χ0n) is 41.8. The predicted octanol–water partition coefficient (Wildman–Crippen LogP) is 18.0. The van der Waals surface area contributed by atoms with Gasteiger partial charge in [-0.2, -0.15) is 0 Å². The van der Waals surface area contributed by atoms with Crippen molar-refractivity contribution in [3.8, 4) is 0 Å². The summed E-state index contributed by atoms with van der Waals surface area (Å²) < 4.78 is 0. The fourth-order valence-electron chi connectivity index (χ4n) is 8.05. The van der Waals surface area contributed by atoms with Crippen LogP contribution in [0.3, 0.4) is 0 Å². The summed E-state index contributed by atoms with van der Waals surface area (Å²) in [6, 6.07) is -0.561. The van der Waals surface area contributed by atoms with E-state index in [1.807, 2.05) is 0 Å². The summed E-state index contributed by atoms with van der Waals surface area (Å²) >= 11 is 0. The van der Waals surface area contributed by atoms with E-state index in [2.05, 4.69) is 104 Å². The van der Waals surface area contributed by atoms with E-state index in [-0.39, 0.29) is 12.5 Å². The van der Waals surface area contributed by atoms with Gasteiger partial charge in [-0.25, -0.2) is 0 Å². The molecule has 0 bridgehead atoms. The molecule has 364 valence electrons. The largest absolute Gasteiger partial charge is 0.394 e. The van der Waals surface area contributed by atoms with E-state index >= 15 is 0 Å². The summed E-state index contributed by atoms with van der Waals surface area (Å²) in [5, 5.41) is 23.3. The van der Waals surface area contributed by atoms with Crippen LogP contribution < -0.4 is 5.32 Å². The molecule has 4 nitrogen and oxygen atoms in total. The van der Waals surface area contributed by atoms with Crippen LogP contribution >= 0.6 is 0 Å². The van der Waals surface area contributed by atoms with Crippen molar-refractivity contribution in [2.45, 2.75) is 276 Å². The minimum Gasteiger partial charge on any atom is -0.394 e. The van der Waals surface area contributed by atoms with Crippen LogP contribution in [0, 0.1) is 0 Å². The van der Waals surface area contributed by atoms with Crippen molar-refractivity contribution in [3.63, 3.8) is 0 Å². The van der Waals surface area contributed by atoms with Gasteiger partial charge in [0, 0.05) is 6.42 Å². The number of aliphatic hydroxyl groups is 2. The minimum absolute atomic E-state index is 0.0636. The van der Waals surface area contributed by atoms with Crippen molar-refractivity contribution in [2.75, 3.05) is 6.61 Å². The van der Waals surface area contributed by atoms with Gasteiger partial charge in [0.05, 0.1) is 18.8 Å². The second kappa shape index (κ2) is 53.9. The summed E-state index contributed by atoms with van der Waals surface area (Å²) in [6.45, 7) is 4.24. The van der Waals surface area contributed by atoms with Crippen LogP contribution in [0.5, 0.6) is 0 Å². The molecule has 0 aromatic rings. The molecule has 0 rings (SSSR count). The highest BCUT2D eigenvalue weighted by atomic mass is 16.3. The Morgan fingerprint density at radius 2 is 0.698 bits per heavy atom. The molecule has 0 heterocycles. The SMILES string of the molecule is CC/C=C\C/C=C\C/C=C\C/C=C\C/C=C\C/C=C\C/C=C\CCCCCC(=O)NC(CO)C(O)CCCCCCCCCCCCCCCCCCCCCCCCCCCC. The summed E-state index contributed by atoms with van der Waals surface area (Å²) in [5.74, 6) is -0.0636. The Morgan fingerprint density at radius 3 is 1.03 bits per heavy atom. The quantitative estimate of drug-likeness (QED) is 0.0421. The number of hydrogen-bond donors (Lipinski definition) is 3. The van der Waals surface area contributed by atoms with Crippen molar-refractivity contribution < 1.29 is 15.0 Å². The van der Waals surface area contributed by atoms with Crippen LogP contribution in [0.1, 0.15) is 264 Å². The van der Waals surface area contributed by atoms with E-state index in [0.717, 1.165) is 83.5 Å². The van der Waals surface area contributed by atoms with Crippen LogP contribution in [0.4, 0.5) is 0 Å². The maximum atomic E-state index is 12.5.